The molecular formula is C25H45NO2. The van der Waals surface area contributed by atoms with E-state index >= 15 is 0 Å². The third-order valence-electron chi connectivity index (χ3n) is 5.76. The summed E-state index contributed by atoms with van der Waals surface area (Å²) in [6.07, 6.45) is 17.8. The molecule has 0 aliphatic rings. The van der Waals surface area contributed by atoms with Gasteiger partial charge in [0, 0.05) is 0 Å². The molecule has 0 unspecified atom stereocenters. The van der Waals surface area contributed by atoms with Crippen LogP contribution in [0.25, 0.3) is 0 Å². The predicted molar refractivity (Wildman–Crippen MR) is 120 cm³/mol. The van der Waals surface area contributed by atoms with E-state index in [0.29, 0.717) is 0 Å². The Labute approximate surface area is 174 Å². The Bertz CT molecular complexity index is 497. The summed E-state index contributed by atoms with van der Waals surface area (Å²) in [5, 5.41) is 1.58. The van der Waals surface area contributed by atoms with Gasteiger partial charge in [0.1, 0.15) is 0 Å². The zero-order chi connectivity index (χ0) is 20.7. The molecule has 3 heteroatoms. The fourth-order valence-corrected chi connectivity index (χ4v) is 4.12. The number of benzene rings is 1. The summed E-state index contributed by atoms with van der Waals surface area (Å²) >= 11 is 0. The number of hydrogen-bond donors (Lipinski definition) is 0. The monoisotopic (exact) mass is 391 g/mol. The molecule has 0 heterocycles. The van der Waals surface area contributed by atoms with Crippen molar-refractivity contribution in [2.75, 3.05) is 14.2 Å². The van der Waals surface area contributed by atoms with Crippen molar-refractivity contribution < 1.29 is 9.68 Å². The molecule has 0 N–H and O–H groups in total. The third-order valence-corrected chi connectivity index (χ3v) is 5.76. The van der Waals surface area contributed by atoms with Crippen LogP contribution in [0.3, 0.4) is 0 Å². The highest BCUT2D eigenvalue weighted by molar-refractivity contribution is 5.32. The smallest absolute Gasteiger partial charge is 0.0931 e. The molecule has 1 rings (SSSR count). The first-order chi connectivity index (χ1) is 13.6. The Morgan fingerprint density at radius 2 is 1.18 bits per heavy atom. The third kappa shape index (κ3) is 9.07. The fraction of sp³-hybridized carbons (Fsp3) is 0.760. The Morgan fingerprint density at radius 3 is 1.68 bits per heavy atom. The highest BCUT2D eigenvalue weighted by Gasteiger charge is 2.31. The zero-order valence-corrected chi connectivity index (χ0v) is 19.3. The first kappa shape index (κ1) is 25.1. The number of aryl methyl sites for hydroxylation is 1. The maximum Gasteiger partial charge on any atom is 0.0931 e. The maximum absolute atomic E-state index is 5.40. The van der Waals surface area contributed by atoms with Crippen molar-refractivity contribution in [3.63, 3.8) is 0 Å². The second kappa shape index (κ2) is 15.0. The van der Waals surface area contributed by atoms with E-state index in [9.17, 15) is 0 Å². The van der Waals surface area contributed by atoms with E-state index in [1.54, 1.807) is 19.4 Å². The molecule has 162 valence electrons. The minimum absolute atomic E-state index is 0.322. The fourth-order valence-electron chi connectivity index (χ4n) is 4.12. The first-order valence-electron chi connectivity index (χ1n) is 11.5. The summed E-state index contributed by atoms with van der Waals surface area (Å²) in [4.78, 5) is 10.8. The van der Waals surface area contributed by atoms with E-state index < -0.39 is 0 Å². The van der Waals surface area contributed by atoms with Crippen LogP contribution < -0.4 is 0 Å². The van der Waals surface area contributed by atoms with Crippen molar-refractivity contribution in [1.82, 2.24) is 5.23 Å². The number of hydroxylamine groups is 2. The van der Waals surface area contributed by atoms with E-state index in [4.69, 9.17) is 9.68 Å². The lowest BCUT2D eigenvalue weighted by atomic mass is 9.88. The quantitative estimate of drug-likeness (QED) is 0.202. The van der Waals surface area contributed by atoms with Gasteiger partial charge in [-0.05, 0) is 37.8 Å². The highest BCUT2D eigenvalue weighted by atomic mass is 16.9. The minimum atomic E-state index is -0.322. The van der Waals surface area contributed by atoms with Crippen molar-refractivity contribution in [1.29, 1.82) is 0 Å². The van der Waals surface area contributed by atoms with Crippen LogP contribution in [0.2, 0.25) is 0 Å². The van der Waals surface area contributed by atoms with E-state index in [1.807, 2.05) is 0 Å². The molecule has 0 amide bonds. The average molecular weight is 392 g/mol. The van der Waals surface area contributed by atoms with Crippen LogP contribution in [0.1, 0.15) is 109 Å². The Kier molecular flexibility index (Phi) is 13.5. The topological polar surface area (TPSA) is 21.7 Å². The van der Waals surface area contributed by atoms with Gasteiger partial charge >= 0.3 is 0 Å². The average Bonchev–Trinajstić information content (AvgIpc) is 2.70. The van der Waals surface area contributed by atoms with E-state index in [0.717, 1.165) is 6.42 Å². The molecule has 0 saturated heterocycles. The van der Waals surface area contributed by atoms with Gasteiger partial charge in [0.25, 0.3) is 0 Å². The molecule has 0 atom stereocenters. The molecule has 0 fully saturated rings. The summed E-state index contributed by atoms with van der Waals surface area (Å²) < 4.78 is 0. The summed E-state index contributed by atoms with van der Waals surface area (Å²) in [6, 6.07) is 8.69. The van der Waals surface area contributed by atoms with Crippen molar-refractivity contribution in [2.45, 2.75) is 110 Å². The van der Waals surface area contributed by atoms with Crippen molar-refractivity contribution >= 4 is 0 Å². The van der Waals surface area contributed by atoms with Gasteiger partial charge in [-0.2, -0.15) is 0 Å². The highest BCUT2D eigenvalue weighted by Crippen LogP contribution is 2.31. The zero-order valence-electron chi connectivity index (χ0n) is 19.3. The van der Waals surface area contributed by atoms with Crippen LogP contribution in [0, 0.1) is 0 Å². The second-order valence-corrected chi connectivity index (χ2v) is 8.48. The van der Waals surface area contributed by atoms with Crippen LogP contribution in [-0.4, -0.2) is 19.4 Å². The van der Waals surface area contributed by atoms with E-state index in [-0.39, 0.29) is 5.54 Å². The Hall–Kier alpha value is -0.900. The van der Waals surface area contributed by atoms with Crippen molar-refractivity contribution in [3.05, 3.63) is 35.4 Å². The van der Waals surface area contributed by atoms with Crippen LogP contribution in [0.4, 0.5) is 0 Å². The summed E-state index contributed by atoms with van der Waals surface area (Å²) in [7, 11) is 3.30. The first-order valence-corrected chi connectivity index (χ1v) is 11.5. The molecule has 28 heavy (non-hydrogen) atoms. The predicted octanol–water partition coefficient (Wildman–Crippen LogP) is 7.59. The molecule has 0 saturated carbocycles. The summed E-state index contributed by atoms with van der Waals surface area (Å²) in [6.45, 7) is 6.57. The number of rotatable bonds is 17. The maximum atomic E-state index is 5.40. The molecule has 0 aliphatic heterocycles. The van der Waals surface area contributed by atoms with E-state index in [2.05, 4.69) is 45.0 Å². The van der Waals surface area contributed by atoms with Gasteiger partial charge in [-0.25, -0.2) is 0 Å². The molecule has 1 aromatic carbocycles. The lowest BCUT2D eigenvalue weighted by molar-refractivity contribution is -0.390. The molecule has 0 aromatic heterocycles. The van der Waals surface area contributed by atoms with Gasteiger partial charge in [-0.15, -0.1) is 0 Å². The van der Waals surface area contributed by atoms with Gasteiger partial charge in [0.2, 0.25) is 0 Å². The molecule has 3 nitrogen and oxygen atoms in total. The molecule has 0 radical (unpaired) electrons. The lowest BCUT2D eigenvalue weighted by Gasteiger charge is -2.35. The Morgan fingerprint density at radius 1 is 0.714 bits per heavy atom. The van der Waals surface area contributed by atoms with Crippen molar-refractivity contribution in [3.8, 4) is 0 Å². The number of hydrogen-bond acceptors (Lipinski definition) is 3. The molecule has 0 aliphatic carbocycles. The van der Waals surface area contributed by atoms with Crippen LogP contribution in [0.5, 0.6) is 0 Å². The van der Waals surface area contributed by atoms with Gasteiger partial charge < -0.3 is 0 Å². The largest absolute Gasteiger partial charge is 0.277 e. The number of unbranched alkanes of at least 4 members (excludes halogenated alkanes) is 11. The minimum Gasteiger partial charge on any atom is -0.277 e. The van der Waals surface area contributed by atoms with Crippen LogP contribution in [0.15, 0.2) is 24.3 Å². The second-order valence-electron chi connectivity index (χ2n) is 8.48. The van der Waals surface area contributed by atoms with Crippen molar-refractivity contribution in [2.24, 2.45) is 0 Å². The standard InChI is InChI=1S/C25H45NO2/c1-6-7-8-9-10-11-12-13-14-15-16-17-20-23-21-18-19-22-24(23)25(2,3)26(27-4)28-5/h18-19,21-22H,6-17,20H2,1-5H3. The van der Waals surface area contributed by atoms with Crippen LogP contribution in [-0.2, 0) is 21.6 Å². The molecular weight excluding hydrogens is 346 g/mol. The van der Waals surface area contributed by atoms with Crippen LogP contribution >= 0.6 is 0 Å². The van der Waals surface area contributed by atoms with Gasteiger partial charge in [0.05, 0.1) is 19.8 Å². The summed E-state index contributed by atoms with van der Waals surface area (Å²) in [5.41, 5.74) is 2.36. The lowest BCUT2D eigenvalue weighted by Crippen LogP contribution is -2.40. The number of nitrogens with zero attached hydrogens (tertiary/aromatic N) is 1. The SMILES string of the molecule is CCCCCCCCCCCCCCc1ccccc1C(C)(C)N(OC)OC. The van der Waals surface area contributed by atoms with Gasteiger partial charge in [-0.1, -0.05) is 107 Å². The molecule has 1 aromatic rings. The van der Waals surface area contributed by atoms with E-state index in [1.165, 1.54) is 88.2 Å². The summed E-state index contributed by atoms with van der Waals surface area (Å²) in [5.74, 6) is 0. The van der Waals surface area contributed by atoms with Gasteiger partial charge in [-0.3, -0.25) is 9.68 Å². The normalized spacial score (nSPS) is 12.1. The Balaban J connectivity index is 2.26. The molecule has 0 spiro atoms. The van der Waals surface area contributed by atoms with Gasteiger partial charge in [0.15, 0.2) is 0 Å². The molecule has 0 bridgehead atoms.